The molecule has 1 atom stereocenters. The van der Waals surface area contributed by atoms with Gasteiger partial charge in [-0.15, -0.1) is 11.3 Å². The van der Waals surface area contributed by atoms with E-state index in [1.807, 2.05) is 24.4 Å². The second kappa shape index (κ2) is 7.20. The van der Waals surface area contributed by atoms with Crippen molar-refractivity contribution in [1.29, 1.82) is 0 Å². The lowest BCUT2D eigenvalue weighted by Crippen LogP contribution is -2.35. The molecule has 0 aliphatic carbocycles. The van der Waals surface area contributed by atoms with Crippen molar-refractivity contribution in [3.63, 3.8) is 0 Å². The van der Waals surface area contributed by atoms with Crippen molar-refractivity contribution in [2.75, 3.05) is 13.7 Å². The molecule has 0 spiro atoms. The molecule has 5 nitrogen and oxygen atoms in total. The van der Waals surface area contributed by atoms with Crippen LogP contribution in [-0.4, -0.2) is 31.6 Å². The van der Waals surface area contributed by atoms with Gasteiger partial charge in [0.15, 0.2) is 0 Å². The molecule has 3 N–H and O–H groups in total. The summed E-state index contributed by atoms with van der Waals surface area (Å²) in [4.78, 5) is 23.7. The number of methoxy groups -OCH3 is 1. The second-order valence-corrected chi connectivity index (χ2v) is 5.88. The molecule has 2 amide bonds. The van der Waals surface area contributed by atoms with Gasteiger partial charge in [-0.2, -0.15) is 0 Å². The molecule has 0 fully saturated rings. The van der Waals surface area contributed by atoms with E-state index in [1.165, 1.54) is 11.3 Å². The van der Waals surface area contributed by atoms with Crippen LogP contribution in [0.1, 0.15) is 27.0 Å². The molecule has 1 aromatic carbocycles. The lowest BCUT2D eigenvalue weighted by molar-refractivity contribution is 0.0905. The average Bonchev–Trinajstić information content (AvgIpc) is 2.97. The topological polar surface area (TPSA) is 81.4 Å². The summed E-state index contributed by atoms with van der Waals surface area (Å²) in [7, 11) is 1.60. The number of hydrogen-bond acceptors (Lipinski definition) is 4. The van der Waals surface area contributed by atoms with Crippen molar-refractivity contribution >= 4 is 23.2 Å². The Kier molecular flexibility index (Phi) is 5.30. The Labute approximate surface area is 133 Å². The fraction of sp³-hybridized carbons (Fsp3) is 0.250. The van der Waals surface area contributed by atoms with E-state index < -0.39 is 5.91 Å². The Morgan fingerprint density at radius 1 is 1.27 bits per heavy atom. The number of rotatable bonds is 6. The third-order valence-corrected chi connectivity index (χ3v) is 4.06. The highest BCUT2D eigenvalue weighted by molar-refractivity contribution is 7.12. The largest absolute Gasteiger partial charge is 0.383 e. The van der Waals surface area contributed by atoms with Gasteiger partial charge in [-0.05, 0) is 41.6 Å². The van der Waals surface area contributed by atoms with E-state index in [0.717, 1.165) is 11.1 Å². The summed E-state index contributed by atoms with van der Waals surface area (Å²) < 4.78 is 4.99. The number of hydrogen-bond donors (Lipinski definition) is 2. The second-order valence-electron chi connectivity index (χ2n) is 4.97. The molecule has 22 heavy (non-hydrogen) atoms. The predicted octanol–water partition coefficient (Wildman–Crippen LogP) is 2.28. The van der Waals surface area contributed by atoms with Crippen LogP contribution in [0.5, 0.6) is 0 Å². The van der Waals surface area contributed by atoms with Crippen molar-refractivity contribution in [1.82, 2.24) is 5.32 Å². The van der Waals surface area contributed by atoms with Crippen molar-refractivity contribution < 1.29 is 14.3 Å². The third kappa shape index (κ3) is 3.93. The van der Waals surface area contributed by atoms with E-state index in [2.05, 4.69) is 5.32 Å². The van der Waals surface area contributed by atoms with Crippen molar-refractivity contribution in [3.05, 3.63) is 46.2 Å². The van der Waals surface area contributed by atoms with Gasteiger partial charge in [0.2, 0.25) is 0 Å². The third-order valence-electron chi connectivity index (χ3n) is 3.12. The molecule has 2 aromatic rings. The minimum absolute atomic E-state index is 0.0489. The molecule has 0 aliphatic heterocycles. The number of thiophene rings is 1. The predicted molar refractivity (Wildman–Crippen MR) is 87.1 cm³/mol. The van der Waals surface area contributed by atoms with E-state index in [0.29, 0.717) is 17.0 Å². The van der Waals surface area contributed by atoms with Crippen molar-refractivity contribution in [3.8, 4) is 11.1 Å². The number of primary amides is 1. The van der Waals surface area contributed by atoms with E-state index in [1.54, 1.807) is 25.3 Å². The minimum atomic E-state index is -0.431. The van der Waals surface area contributed by atoms with Gasteiger partial charge >= 0.3 is 0 Å². The van der Waals surface area contributed by atoms with Gasteiger partial charge in [0.25, 0.3) is 11.8 Å². The highest BCUT2D eigenvalue weighted by Gasteiger charge is 2.11. The minimum Gasteiger partial charge on any atom is -0.383 e. The molecule has 2 rings (SSSR count). The summed E-state index contributed by atoms with van der Waals surface area (Å²) in [6, 6.07) is 8.92. The average molecular weight is 318 g/mol. The first-order chi connectivity index (χ1) is 10.5. The van der Waals surface area contributed by atoms with Crippen molar-refractivity contribution in [2.24, 2.45) is 5.73 Å². The van der Waals surface area contributed by atoms with Crippen LogP contribution in [0.2, 0.25) is 0 Å². The summed E-state index contributed by atoms with van der Waals surface area (Å²) in [5.74, 6) is -0.571. The number of nitrogens with one attached hydrogen (secondary N) is 1. The molecule has 0 aliphatic rings. The lowest BCUT2D eigenvalue weighted by Gasteiger charge is -2.12. The zero-order chi connectivity index (χ0) is 16.1. The maximum Gasteiger partial charge on any atom is 0.258 e. The number of amides is 2. The van der Waals surface area contributed by atoms with E-state index in [-0.39, 0.29) is 11.9 Å². The Morgan fingerprint density at radius 3 is 2.50 bits per heavy atom. The summed E-state index contributed by atoms with van der Waals surface area (Å²) in [6.45, 7) is 2.35. The first kappa shape index (κ1) is 16.2. The van der Waals surface area contributed by atoms with Crippen LogP contribution in [0.15, 0.2) is 35.7 Å². The van der Waals surface area contributed by atoms with Crippen molar-refractivity contribution in [2.45, 2.75) is 13.0 Å². The molecule has 0 bridgehead atoms. The zero-order valence-corrected chi connectivity index (χ0v) is 13.3. The van der Waals surface area contributed by atoms with Gasteiger partial charge in [-0.3, -0.25) is 9.59 Å². The molecule has 0 saturated heterocycles. The van der Waals surface area contributed by atoms with Crippen LogP contribution in [0.3, 0.4) is 0 Å². The fourth-order valence-corrected chi connectivity index (χ4v) is 2.80. The smallest absolute Gasteiger partial charge is 0.258 e. The summed E-state index contributed by atoms with van der Waals surface area (Å²) in [5.41, 5.74) is 7.68. The molecule has 1 unspecified atom stereocenters. The Morgan fingerprint density at radius 2 is 1.95 bits per heavy atom. The zero-order valence-electron chi connectivity index (χ0n) is 12.5. The Bertz CT molecular complexity index is 664. The van der Waals surface area contributed by atoms with Crippen LogP contribution < -0.4 is 11.1 Å². The number of ether oxygens (including phenoxy) is 1. The maximum atomic E-state index is 12.0. The van der Waals surface area contributed by atoms with Crippen LogP contribution in [-0.2, 0) is 4.74 Å². The first-order valence-electron chi connectivity index (χ1n) is 6.80. The SMILES string of the molecule is COCC(C)NC(=O)c1ccc(-c2csc(C(N)=O)c2)cc1. The normalized spacial score (nSPS) is 11.9. The van der Waals surface area contributed by atoms with Gasteiger partial charge in [0, 0.05) is 18.7 Å². The van der Waals surface area contributed by atoms with Gasteiger partial charge in [-0.1, -0.05) is 12.1 Å². The van der Waals surface area contributed by atoms with Crippen LogP contribution in [0.4, 0.5) is 0 Å². The molecule has 1 heterocycles. The van der Waals surface area contributed by atoms with Gasteiger partial charge in [0.05, 0.1) is 11.5 Å². The van der Waals surface area contributed by atoms with E-state index in [4.69, 9.17) is 10.5 Å². The van der Waals surface area contributed by atoms with Crippen LogP contribution in [0.25, 0.3) is 11.1 Å². The monoisotopic (exact) mass is 318 g/mol. The highest BCUT2D eigenvalue weighted by Crippen LogP contribution is 2.25. The van der Waals surface area contributed by atoms with Crippen LogP contribution in [0, 0.1) is 0 Å². The first-order valence-corrected chi connectivity index (χ1v) is 7.67. The van der Waals surface area contributed by atoms with Gasteiger partial charge < -0.3 is 15.8 Å². The molecule has 116 valence electrons. The molecule has 1 aromatic heterocycles. The number of nitrogens with two attached hydrogens (primary N) is 1. The standard InChI is InChI=1S/C16H18N2O3S/c1-10(8-21-2)18-16(20)12-5-3-11(4-6-12)13-7-14(15(17)19)22-9-13/h3-7,9-10H,8H2,1-2H3,(H2,17,19)(H,18,20). The van der Waals surface area contributed by atoms with Crippen LogP contribution >= 0.6 is 11.3 Å². The van der Waals surface area contributed by atoms with Gasteiger partial charge in [-0.25, -0.2) is 0 Å². The summed E-state index contributed by atoms with van der Waals surface area (Å²) >= 11 is 1.31. The Hall–Kier alpha value is -2.18. The van der Waals surface area contributed by atoms with E-state index >= 15 is 0 Å². The number of benzene rings is 1. The molecular weight excluding hydrogens is 300 g/mol. The lowest BCUT2D eigenvalue weighted by atomic mass is 10.1. The quantitative estimate of drug-likeness (QED) is 0.857. The summed E-state index contributed by atoms with van der Waals surface area (Å²) in [5, 5.41) is 4.72. The Balaban J connectivity index is 2.09. The fourth-order valence-electron chi connectivity index (χ4n) is 2.03. The molecule has 6 heteroatoms. The molecule has 0 radical (unpaired) electrons. The molecule has 0 saturated carbocycles. The molecular formula is C16H18N2O3S. The maximum absolute atomic E-state index is 12.0. The highest BCUT2D eigenvalue weighted by atomic mass is 32.1. The number of carbonyl (C=O) groups is 2. The van der Waals surface area contributed by atoms with E-state index in [9.17, 15) is 9.59 Å². The summed E-state index contributed by atoms with van der Waals surface area (Å²) in [6.07, 6.45) is 0. The van der Waals surface area contributed by atoms with Gasteiger partial charge in [0.1, 0.15) is 0 Å². The number of carbonyl (C=O) groups excluding carboxylic acids is 2.